The van der Waals surface area contributed by atoms with Crippen LogP contribution in [0.4, 0.5) is 13.2 Å². The van der Waals surface area contributed by atoms with Crippen molar-refractivity contribution in [2.75, 3.05) is 26.2 Å². The Balaban J connectivity index is 1.66. The topological polar surface area (TPSA) is 41.0 Å². The van der Waals surface area contributed by atoms with E-state index in [1.807, 2.05) is 0 Å². The first-order chi connectivity index (χ1) is 9.03. The number of rotatable bonds is 5. The van der Waals surface area contributed by atoms with Crippen molar-refractivity contribution < 1.29 is 13.2 Å². The van der Waals surface area contributed by atoms with E-state index < -0.39 is 12.7 Å². The van der Waals surface area contributed by atoms with Crippen molar-refractivity contribution in [3.63, 3.8) is 0 Å². The Morgan fingerprint density at radius 2 is 2.05 bits per heavy atom. The van der Waals surface area contributed by atoms with Gasteiger partial charge in [0.25, 0.3) is 0 Å². The Labute approximate surface area is 110 Å². The first-order valence-electron chi connectivity index (χ1n) is 6.26. The van der Waals surface area contributed by atoms with Crippen molar-refractivity contribution in [1.82, 2.24) is 20.2 Å². The van der Waals surface area contributed by atoms with Crippen LogP contribution in [0.2, 0.25) is 0 Å². The van der Waals surface area contributed by atoms with E-state index in [-0.39, 0.29) is 5.92 Å². The average Bonchev–Trinajstić information content (AvgIpc) is 2.76. The molecule has 7 heteroatoms. The minimum Gasteiger partial charge on any atom is -0.312 e. The summed E-state index contributed by atoms with van der Waals surface area (Å²) >= 11 is 0. The molecule has 0 bridgehead atoms. The molecule has 0 aliphatic carbocycles. The highest BCUT2D eigenvalue weighted by Gasteiger charge is 2.34. The van der Waals surface area contributed by atoms with Gasteiger partial charge in [0.1, 0.15) is 6.33 Å². The number of hydrogen-bond donors (Lipinski definition) is 1. The zero-order valence-electron chi connectivity index (χ0n) is 10.5. The van der Waals surface area contributed by atoms with Crippen LogP contribution >= 0.6 is 0 Å². The van der Waals surface area contributed by atoms with Gasteiger partial charge in [-0.2, -0.15) is 13.2 Å². The third kappa shape index (κ3) is 5.12. The molecule has 1 unspecified atom stereocenters. The third-order valence-corrected chi connectivity index (χ3v) is 3.15. The van der Waals surface area contributed by atoms with E-state index in [2.05, 4.69) is 15.3 Å². The molecule has 1 aromatic rings. The van der Waals surface area contributed by atoms with Crippen molar-refractivity contribution >= 4 is 0 Å². The van der Waals surface area contributed by atoms with Gasteiger partial charge in [-0.3, -0.25) is 4.90 Å². The maximum Gasteiger partial charge on any atom is 0.401 e. The summed E-state index contributed by atoms with van der Waals surface area (Å²) in [6.07, 6.45) is 1.64. The highest BCUT2D eigenvalue weighted by molar-refractivity contribution is 5.01. The molecular weight excluding hydrogens is 257 g/mol. The lowest BCUT2D eigenvalue weighted by Gasteiger charge is -2.18. The zero-order chi connectivity index (χ0) is 13.7. The first kappa shape index (κ1) is 14.2. The SMILES string of the molecule is FC(F)(F)CN1CCC(CNCc2cncnc2)C1. The molecule has 0 spiro atoms. The molecule has 0 amide bonds. The van der Waals surface area contributed by atoms with Crippen LogP contribution in [0, 0.1) is 5.92 Å². The van der Waals surface area contributed by atoms with Crippen molar-refractivity contribution in [2.24, 2.45) is 5.92 Å². The molecule has 0 aromatic carbocycles. The van der Waals surface area contributed by atoms with E-state index in [9.17, 15) is 13.2 Å². The summed E-state index contributed by atoms with van der Waals surface area (Å²) < 4.78 is 36.7. The van der Waals surface area contributed by atoms with Gasteiger partial charge in [-0.1, -0.05) is 0 Å². The summed E-state index contributed by atoms with van der Waals surface area (Å²) in [4.78, 5) is 9.28. The van der Waals surface area contributed by atoms with E-state index in [0.717, 1.165) is 18.5 Å². The van der Waals surface area contributed by atoms with E-state index in [0.29, 0.717) is 19.6 Å². The number of hydrogen-bond acceptors (Lipinski definition) is 4. The van der Waals surface area contributed by atoms with Gasteiger partial charge >= 0.3 is 6.18 Å². The summed E-state index contributed by atoms with van der Waals surface area (Å²) in [5.41, 5.74) is 0.979. The van der Waals surface area contributed by atoms with Crippen molar-refractivity contribution in [1.29, 1.82) is 0 Å². The van der Waals surface area contributed by atoms with Gasteiger partial charge in [-0.15, -0.1) is 0 Å². The Hall–Kier alpha value is -1.21. The molecule has 0 saturated carbocycles. The van der Waals surface area contributed by atoms with Gasteiger partial charge in [0.15, 0.2) is 0 Å². The maximum atomic E-state index is 12.2. The lowest BCUT2D eigenvalue weighted by atomic mass is 10.1. The summed E-state index contributed by atoms with van der Waals surface area (Å²) in [6, 6.07) is 0. The van der Waals surface area contributed by atoms with Crippen LogP contribution < -0.4 is 5.32 Å². The monoisotopic (exact) mass is 274 g/mol. The fourth-order valence-corrected chi connectivity index (χ4v) is 2.32. The molecular formula is C12H17F3N4. The average molecular weight is 274 g/mol. The molecule has 1 N–H and O–H groups in total. The molecule has 2 heterocycles. The number of halogens is 3. The molecule has 1 fully saturated rings. The van der Waals surface area contributed by atoms with Crippen molar-refractivity contribution in [3.8, 4) is 0 Å². The molecule has 1 saturated heterocycles. The quantitative estimate of drug-likeness (QED) is 0.882. The first-order valence-corrected chi connectivity index (χ1v) is 6.26. The summed E-state index contributed by atoms with van der Waals surface area (Å²) in [5, 5.41) is 3.24. The lowest BCUT2D eigenvalue weighted by Crippen LogP contribution is -2.33. The number of aromatic nitrogens is 2. The van der Waals surface area contributed by atoms with Crippen molar-refractivity contribution in [2.45, 2.75) is 19.1 Å². The normalized spacial score (nSPS) is 20.9. The van der Waals surface area contributed by atoms with Gasteiger partial charge in [0.05, 0.1) is 6.54 Å². The second kappa shape index (κ2) is 6.29. The summed E-state index contributed by atoms with van der Waals surface area (Å²) in [7, 11) is 0. The second-order valence-corrected chi connectivity index (χ2v) is 4.88. The van der Waals surface area contributed by atoms with Crippen LogP contribution in [-0.4, -0.2) is 47.2 Å². The van der Waals surface area contributed by atoms with E-state index in [1.54, 1.807) is 12.4 Å². The van der Waals surface area contributed by atoms with E-state index >= 15 is 0 Å². The van der Waals surface area contributed by atoms with Gasteiger partial charge in [0.2, 0.25) is 0 Å². The highest BCUT2D eigenvalue weighted by atomic mass is 19.4. The van der Waals surface area contributed by atoms with Crippen LogP contribution in [0.5, 0.6) is 0 Å². The van der Waals surface area contributed by atoms with E-state index in [1.165, 1.54) is 11.2 Å². The minimum atomic E-state index is -4.09. The standard InChI is InChI=1S/C12H17F3N4/c13-12(14,15)8-19-2-1-10(7-19)3-16-4-11-5-17-9-18-6-11/h5-6,9-10,16H,1-4,7-8H2. The zero-order valence-corrected chi connectivity index (χ0v) is 10.5. The van der Waals surface area contributed by atoms with Crippen LogP contribution in [0.3, 0.4) is 0 Å². The maximum absolute atomic E-state index is 12.2. The molecule has 1 aliphatic heterocycles. The largest absolute Gasteiger partial charge is 0.401 e. The third-order valence-electron chi connectivity index (χ3n) is 3.15. The summed E-state index contributed by atoms with van der Waals surface area (Å²) in [6.45, 7) is 1.62. The fraction of sp³-hybridized carbons (Fsp3) is 0.667. The fourth-order valence-electron chi connectivity index (χ4n) is 2.32. The predicted octanol–water partition coefficient (Wildman–Crippen LogP) is 1.45. The Morgan fingerprint density at radius 1 is 1.32 bits per heavy atom. The van der Waals surface area contributed by atoms with Crippen LogP contribution in [0.25, 0.3) is 0 Å². The molecule has 2 rings (SSSR count). The molecule has 1 atom stereocenters. The Kier molecular flexibility index (Phi) is 4.71. The molecule has 0 radical (unpaired) electrons. The number of nitrogens with zero attached hydrogens (tertiary/aromatic N) is 3. The molecule has 1 aromatic heterocycles. The van der Waals surface area contributed by atoms with E-state index in [4.69, 9.17) is 0 Å². The molecule has 1 aliphatic rings. The predicted molar refractivity (Wildman–Crippen MR) is 64.3 cm³/mol. The number of alkyl halides is 3. The summed E-state index contributed by atoms with van der Waals surface area (Å²) in [5.74, 6) is 0.284. The van der Waals surface area contributed by atoms with Crippen LogP contribution in [0.15, 0.2) is 18.7 Å². The van der Waals surface area contributed by atoms with Crippen LogP contribution in [0.1, 0.15) is 12.0 Å². The van der Waals surface area contributed by atoms with Crippen molar-refractivity contribution in [3.05, 3.63) is 24.3 Å². The van der Waals surface area contributed by atoms with Gasteiger partial charge < -0.3 is 5.32 Å². The van der Waals surface area contributed by atoms with Gasteiger partial charge in [-0.25, -0.2) is 9.97 Å². The molecule has 19 heavy (non-hydrogen) atoms. The highest BCUT2D eigenvalue weighted by Crippen LogP contribution is 2.22. The smallest absolute Gasteiger partial charge is 0.312 e. The van der Waals surface area contributed by atoms with Gasteiger partial charge in [0, 0.05) is 31.0 Å². The molecule has 106 valence electrons. The Morgan fingerprint density at radius 3 is 2.74 bits per heavy atom. The second-order valence-electron chi connectivity index (χ2n) is 4.88. The van der Waals surface area contributed by atoms with Gasteiger partial charge in [-0.05, 0) is 25.4 Å². The number of nitrogens with one attached hydrogen (secondary N) is 1. The Bertz CT molecular complexity index is 382. The van der Waals surface area contributed by atoms with Crippen LogP contribution in [-0.2, 0) is 6.54 Å². The minimum absolute atomic E-state index is 0.284. The number of likely N-dealkylation sites (tertiary alicyclic amines) is 1. The lowest BCUT2D eigenvalue weighted by molar-refractivity contribution is -0.143. The molecule has 4 nitrogen and oxygen atoms in total.